The van der Waals surface area contributed by atoms with Crippen LogP contribution in [0, 0.1) is 0 Å². The Kier molecular flexibility index (Phi) is 5.17. The van der Waals surface area contributed by atoms with Gasteiger partial charge < -0.3 is 9.80 Å². The fourth-order valence-corrected chi connectivity index (χ4v) is 8.28. The molecule has 0 radical (unpaired) electrons. The van der Waals surface area contributed by atoms with Crippen LogP contribution in [0.15, 0.2) is 115 Å². The molecule has 0 N–H and O–H groups in total. The Morgan fingerprint density at radius 1 is 0.658 bits per heavy atom. The topological polar surface area (TPSA) is 24.3 Å². The van der Waals surface area contributed by atoms with E-state index in [0.717, 1.165) is 12.5 Å². The molecule has 0 unspecified atom stereocenters. The van der Waals surface area contributed by atoms with E-state index in [-0.39, 0.29) is 0 Å². The van der Waals surface area contributed by atoms with Crippen molar-refractivity contribution in [3.05, 3.63) is 115 Å². The van der Waals surface area contributed by atoms with Crippen LogP contribution in [0.5, 0.6) is 0 Å². The van der Waals surface area contributed by atoms with Crippen LogP contribution >= 0.6 is 0 Å². The largest absolute Gasteiger partial charge is 0.355 e. The fraction of sp³-hybridized carbons (Fsp3) is 0.121. The molecule has 38 heavy (non-hydrogen) atoms. The average molecular weight is 511 g/mol. The van der Waals surface area contributed by atoms with Crippen molar-refractivity contribution in [1.29, 1.82) is 0 Å². The molecule has 0 amide bonds. The van der Waals surface area contributed by atoms with Crippen LogP contribution in [0.3, 0.4) is 0 Å². The summed E-state index contributed by atoms with van der Waals surface area (Å²) >= 11 is 0. The number of para-hydroxylation sites is 3. The van der Waals surface area contributed by atoms with E-state index in [9.17, 15) is 0 Å². The van der Waals surface area contributed by atoms with Crippen LogP contribution in [0.25, 0.3) is 27.6 Å². The third-order valence-corrected chi connectivity index (χ3v) is 11.6. The maximum Gasteiger partial charge on any atom is 0.137 e. The van der Waals surface area contributed by atoms with Gasteiger partial charge in [0.25, 0.3) is 0 Å². The Morgan fingerprint density at radius 3 is 2.24 bits per heavy atom. The lowest BCUT2D eigenvalue weighted by molar-refractivity contribution is 0.950. The molecular weight excluding hydrogens is 480 g/mol. The molecule has 4 aromatic carbocycles. The second kappa shape index (κ2) is 8.60. The highest BCUT2D eigenvalue weighted by Crippen LogP contribution is 2.39. The molecule has 1 aliphatic heterocycles. The highest BCUT2D eigenvalue weighted by molar-refractivity contribution is 7.00. The summed E-state index contributed by atoms with van der Waals surface area (Å²) in [6, 6.07) is 39.7. The van der Waals surface area contributed by atoms with Gasteiger partial charge >= 0.3 is 0 Å². The number of pyridine rings is 1. The first-order valence-corrected chi connectivity index (χ1v) is 16.2. The number of rotatable bonds is 4. The highest BCUT2D eigenvalue weighted by atomic mass is 28.3. The molecule has 4 nitrogen and oxygen atoms in total. The standard InChI is InChI=1S/C33H30N4Si/c1-35-23-36(32-16-7-6-15-31(32)35)24-11-10-12-25(21-24)38(2,3)26-18-19-30-28(22-26)27-13-4-5-14-29(27)37(30)33-17-8-9-20-34-33/h4-22H,23H2,1-3H3. The average Bonchev–Trinajstić information content (AvgIpc) is 3.48. The Morgan fingerprint density at radius 2 is 1.39 bits per heavy atom. The second-order valence-corrected chi connectivity index (χ2v) is 15.1. The minimum atomic E-state index is -1.99. The number of hydrogen-bond acceptors (Lipinski definition) is 3. The molecule has 0 saturated heterocycles. The summed E-state index contributed by atoms with van der Waals surface area (Å²) in [7, 11) is 0.178. The minimum Gasteiger partial charge on any atom is -0.355 e. The molecule has 5 heteroatoms. The Labute approximate surface area is 224 Å². The van der Waals surface area contributed by atoms with Gasteiger partial charge in [-0.2, -0.15) is 0 Å². The van der Waals surface area contributed by atoms with Crippen molar-refractivity contribution in [3.63, 3.8) is 0 Å². The zero-order valence-electron chi connectivity index (χ0n) is 22.0. The third-order valence-electron chi connectivity index (χ3n) is 8.09. The monoisotopic (exact) mass is 510 g/mol. The van der Waals surface area contributed by atoms with E-state index >= 15 is 0 Å². The smallest absolute Gasteiger partial charge is 0.137 e. The molecule has 1 aliphatic rings. The Hall–Kier alpha value is -4.35. The van der Waals surface area contributed by atoms with E-state index in [1.54, 1.807) is 0 Å². The van der Waals surface area contributed by atoms with Gasteiger partial charge in [0.1, 0.15) is 13.9 Å². The summed E-state index contributed by atoms with van der Waals surface area (Å²) < 4.78 is 2.28. The fourth-order valence-electron chi connectivity index (χ4n) is 5.92. The molecule has 0 saturated carbocycles. The molecule has 0 fully saturated rings. The van der Waals surface area contributed by atoms with E-state index in [1.165, 1.54) is 49.2 Å². The van der Waals surface area contributed by atoms with Crippen molar-refractivity contribution >= 4 is 57.3 Å². The van der Waals surface area contributed by atoms with E-state index in [1.807, 2.05) is 12.3 Å². The number of hydrogen-bond donors (Lipinski definition) is 0. The molecule has 0 aliphatic carbocycles. The number of fused-ring (bicyclic) bond motifs is 4. The van der Waals surface area contributed by atoms with Crippen LogP contribution in [0.4, 0.5) is 17.1 Å². The summed E-state index contributed by atoms with van der Waals surface area (Å²) in [5.74, 6) is 0.950. The Balaban J connectivity index is 1.34. The van der Waals surface area contributed by atoms with Crippen LogP contribution < -0.4 is 20.2 Å². The van der Waals surface area contributed by atoms with E-state index in [2.05, 4.69) is 143 Å². The predicted octanol–water partition coefficient (Wildman–Crippen LogP) is 6.55. The molecule has 0 bridgehead atoms. The number of nitrogens with zero attached hydrogens (tertiary/aromatic N) is 4. The van der Waals surface area contributed by atoms with Crippen molar-refractivity contribution in [2.24, 2.45) is 0 Å². The summed E-state index contributed by atoms with van der Waals surface area (Å²) in [5, 5.41) is 5.43. The maximum atomic E-state index is 4.67. The molecule has 3 heterocycles. The van der Waals surface area contributed by atoms with Gasteiger partial charge in [0.05, 0.1) is 29.1 Å². The van der Waals surface area contributed by atoms with Gasteiger partial charge in [-0.25, -0.2) is 4.98 Å². The van der Waals surface area contributed by atoms with Gasteiger partial charge in [-0.3, -0.25) is 4.57 Å². The quantitative estimate of drug-likeness (QED) is 0.252. The molecule has 2 aromatic heterocycles. The molecule has 0 spiro atoms. The van der Waals surface area contributed by atoms with E-state index < -0.39 is 8.07 Å². The van der Waals surface area contributed by atoms with Crippen LogP contribution in [0.2, 0.25) is 13.1 Å². The van der Waals surface area contributed by atoms with Crippen molar-refractivity contribution in [3.8, 4) is 5.82 Å². The van der Waals surface area contributed by atoms with Crippen molar-refractivity contribution in [2.75, 3.05) is 23.5 Å². The molecule has 6 aromatic rings. The van der Waals surface area contributed by atoms with Gasteiger partial charge in [-0.15, -0.1) is 0 Å². The van der Waals surface area contributed by atoms with Crippen molar-refractivity contribution < 1.29 is 0 Å². The zero-order chi connectivity index (χ0) is 25.9. The summed E-state index contributed by atoms with van der Waals surface area (Å²) in [6.07, 6.45) is 1.86. The summed E-state index contributed by atoms with van der Waals surface area (Å²) in [5.41, 5.74) is 6.20. The third kappa shape index (κ3) is 3.46. The number of benzene rings is 4. The van der Waals surface area contributed by atoms with Crippen molar-refractivity contribution in [1.82, 2.24) is 9.55 Å². The Bertz CT molecular complexity index is 1810. The predicted molar refractivity (Wildman–Crippen MR) is 164 cm³/mol. The maximum absolute atomic E-state index is 4.67. The first-order chi connectivity index (χ1) is 18.5. The van der Waals surface area contributed by atoms with Crippen LogP contribution in [-0.2, 0) is 0 Å². The van der Waals surface area contributed by atoms with Crippen LogP contribution in [0.1, 0.15) is 0 Å². The lowest BCUT2D eigenvalue weighted by Crippen LogP contribution is -2.52. The van der Waals surface area contributed by atoms with E-state index in [0.29, 0.717) is 0 Å². The minimum absolute atomic E-state index is 0.865. The first-order valence-electron chi connectivity index (χ1n) is 13.2. The second-order valence-electron chi connectivity index (χ2n) is 10.7. The molecule has 186 valence electrons. The summed E-state index contributed by atoms with van der Waals surface area (Å²) in [6.45, 7) is 5.80. The van der Waals surface area contributed by atoms with Gasteiger partial charge in [-0.1, -0.05) is 84.1 Å². The lowest BCUT2D eigenvalue weighted by atomic mass is 10.1. The molecular formula is C33H30N4Si. The van der Waals surface area contributed by atoms with Crippen LogP contribution in [-0.4, -0.2) is 31.3 Å². The first kappa shape index (κ1) is 22.8. The SMILES string of the molecule is CN1CN(c2cccc([Si](C)(C)c3ccc4c(c3)c3ccccc3n4-c3ccccn3)c2)c2ccccc21. The number of aromatic nitrogens is 2. The normalized spacial score (nSPS) is 13.4. The molecule has 0 atom stereocenters. The van der Waals surface area contributed by atoms with Gasteiger partial charge in [0.15, 0.2) is 0 Å². The summed E-state index contributed by atoms with van der Waals surface area (Å²) in [4.78, 5) is 9.41. The van der Waals surface area contributed by atoms with Crippen molar-refractivity contribution in [2.45, 2.75) is 13.1 Å². The lowest BCUT2D eigenvalue weighted by Gasteiger charge is -2.27. The molecule has 7 rings (SSSR count). The van der Waals surface area contributed by atoms with E-state index in [4.69, 9.17) is 0 Å². The highest BCUT2D eigenvalue weighted by Gasteiger charge is 2.29. The van der Waals surface area contributed by atoms with Gasteiger partial charge in [-0.05, 0) is 48.5 Å². The zero-order valence-corrected chi connectivity index (χ0v) is 23.0. The van der Waals surface area contributed by atoms with Gasteiger partial charge in [0.2, 0.25) is 0 Å². The van der Waals surface area contributed by atoms with Gasteiger partial charge in [0, 0.05) is 29.7 Å². The number of anilines is 3.